The molecule has 1 rings (SSSR count). The second-order valence-corrected chi connectivity index (χ2v) is 7.84. The van der Waals surface area contributed by atoms with Crippen LogP contribution in [-0.2, 0) is 20.0 Å². The van der Waals surface area contributed by atoms with Gasteiger partial charge in [0, 0.05) is 0 Å². The van der Waals surface area contributed by atoms with Crippen LogP contribution in [0.4, 0.5) is 17.6 Å². The lowest BCUT2D eigenvalue weighted by atomic mass is 9.99. The Morgan fingerprint density at radius 3 is 1.78 bits per heavy atom. The van der Waals surface area contributed by atoms with E-state index in [1.807, 2.05) is 0 Å². The highest BCUT2D eigenvalue weighted by molar-refractivity contribution is 8.05. The summed E-state index contributed by atoms with van der Waals surface area (Å²) in [6.07, 6.45) is -1.83. The van der Waals surface area contributed by atoms with Crippen LogP contribution in [0.1, 0.15) is 25.7 Å². The maximum atomic E-state index is 12.8. The quantitative estimate of drug-likeness (QED) is 0.789. The SMILES string of the molecule is O=S(=O)(NS(=O)(=O)C(F)(F)F)C1CCC(F)CC1. The minimum absolute atomic E-state index is 0.113. The summed E-state index contributed by atoms with van der Waals surface area (Å²) in [5, 5.41) is -1.32. The topological polar surface area (TPSA) is 80.3 Å². The summed E-state index contributed by atoms with van der Waals surface area (Å²) in [5.74, 6) is 0. The minimum Gasteiger partial charge on any atom is -0.247 e. The monoisotopic (exact) mass is 313 g/mol. The summed E-state index contributed by atoms with van der Waals surface area (Å²) >= 11 is 0. The highest BCUT2D eigenvalue weighted by Gasteiger charge is 2.49. The molecule has 1 aliphatic rings. The Balaban J connectivity index is 2.84. The molecule has 0 aromatic carbocycles. The molecule has 0 aromatic rings. The lowest BCUT2D eigenvalue weighted by Gasteiger charge is -2.24. The van der Waals surface area contributed by atoms with Gasteiger partial charge in [0.15, 0.2) is 0 Å². The van der Waals surface area contributed by atoms with E-state index in [1.54, 1.807) is 0 Å². The molecule has 0 amide bonds. The third-order valence-electron chi connectivity index (χ3n) is 2.57. The van der Waals surface area contributed by atoms with E-state index >= 15 is 0 Å². The average Bonchev–Trinajstić information content (AvgIpc) is 2.14. The molecule has 0 unspecified atom stereocenters. The normalized spacial score (nSPS) is 27.1. The number of hydrogen-bond donors (Lipinski definition) is 1. The molecule has 0 atom stereocenters. The van der Waals surface area contributed by atoms with Gasteiger partial charge in [-0.15, -0.1) is 4.13 Å². The lowest BCUT2D eigenvalue weighted by molar-refractivity contribution is -0.0441. The summed E-state index contributed by atoms with van der Waals surface area (Å²) < 4.78 is 93.7. The number of halogens is 4. The predicted octanol–water partition coefficient (Wildman–Crippen LogP) is 1.04. The van der Waals surface area contributed by atoms with Gasteiger partial charge in [-0.05, 0) is 25.7 Å². The van der Waals surface area contributed by atoms with Crippen molar-refractivity contribution in [3.63, 3.8) is 0 Å². The molecule has 0 bridgehead atoms. The number of hydrogen-bond acceptors (Lipinski definition) is 4. The smallest absolute Gasteiger partial charge is 0.247 e. The summed E-state index contributed by atoms with van der Waals surface area (Å²) in [4.78, 5) is 0. The van der Waals surface area contributed by atoms with Gasteiger partial charge in [-0.25, -0.2) is 21.2 Å². The van der Waals surface area contributed by atoms with E-state index in [1.165, 1.54) is 0 Å². The van der Waals surface area contributed by atoms with Crippen molar-refractivity contribution in [2.75, 3.05) is 0 Å². The number of sulfonamides is 2. The molecule has 1 N–H and O–H groups in total. The van der Waals surface area contributed by atoms with Crippen LogP contribution in [0.15, 0.2) is 0 Å². The van der Waals surface area contributed by atoms with Crippen LogP contribution < -0.4 is 4.13 Å². The highest BCUT2D eigenvalue weighted by atomic mass is 32.3. The summed E-state index contributed by atoms with van der Waals surface area (Å²) in [6, 6.07) is 0. The van der Waals surface area contributed by atoms with Crippen LogP contribution in [0.25, 0.3) is 0 Å². The molecule has 11 heteroatoms. The van der Waals surface area contributed by atoms with Gasteiger partial charge < -0.3 is 0 Å². The molecular formula is C7H11F4NO4S2. The van der Waals surface area contributed by atoms with Gasteiger partial charge in [-0.3, -0.25) is 0 Å². The first-order valence-electron chi connectivity index (χ1n) is 4.93. The fraction of sp³-hybridized carbons (Fsp3) is 1.00. The van der Waals surface area contributed by atoms with E-state index in [4.69, 9.17) is 0 Å². The zero-order chi connectivity index (χ0) is 14.2. The van der Waals surface area contributed by atoms with Crippen LogP contribution in [0, 0.1) is 0 Å². The third-order valence-corrected chi connectivity index (χ3v) is 6.34. The zero-order valence-electron chi connectivity index (χ0n) is 8.94. The van der Waals surface area contributed by atoms with Crippen molar-refractivity contribution in [2.24, 2.45) is 0 Å². The molecule has 0 spiro atoms. The van der Waals surface area contributed by atoms with Crippen molar-refractivity contribution in [3.05, 3.63) is 0 Å². The van der Waals surface area contributed by atoms with Crippen molar-refractivity contribution < 1.29 is 34.4 Å². The van der Waals surface area contributed by atoms with E-state index < -0.39 is 37.0 Å². The first kappa shape index (κ1) is 15.6. The van der Waals surface area contributed by atoms with Gasteiger partial charge in [-0.2, -0.15) is 13.2 Å². The molecule has 0 radical (unpaired) electrons. The minimum atomic E-state index is -5.95. The first-order chi connectivity index (χ1) is 7.96. The average molecular weight is 313 g/mol. The van der Waals surface area contributed by atoms with E-state index in [0.29, 0.717) is 4.13 Å². The van der Waals surface area contributed by atoms with Gasteiger partial charge in [0.05, 0.1) is 5.25 Å². The van der Waals surface area contributed by atoms with Gasteiger partial charge in [0.2, 0.25) is 10.0 Å². The van der Waals surface area contributed by atoms with Crippen molar-refractivity contribution in [2.45, 2.75) is 42.6 Å². The molecule has 0 heterocycles. The summed E-state index contributed by atoms with van der Waals surface area (Å²) in [6.45, 7) is 0. The molecule has 1 aliphatic carbocycles. The van der Waals surface area contributed by atoms with Crippen molar-refractivity contribution >= 4 is 20.0 Å². The largest absolute Gasteiger partial charge is 0.512 e. The molecule has 5 nitrogen and oxygen atoms in total. The summed E-state index contributed by atoms with van der Waals surface area (Å²) in [5.41, 5.74) is -5.70. The fourth-order valence-corrected chi connectivity index (χ4v) is 4.64. The van der Waals surface area contributed by atoms with Crippen LogP contribution in [0.3, 0.4) is 0 Å². The van der Waals surface area contributed by atoms with E-state index in [-0.39, 0.29) is 25.7 Å². The second kappa shape index (κ2) is 4.93. The van der Waals surface area contributed by atoms with E-state index in [2.05, 4.69) is 0 Å². The number of rotatable bonds is 3. The van der Waals surface area contributed by atoms with Crippen LogP contribution in [-0.4, -0.2) is 33.8 Å². The van der Waals surface area contributed by atoms with Gasteiger partial charge in [0.25, 0.3) is 0 Å². The predicted molar refractivity (Wildman–Crippen MR) is 54.2 cm³/mol. The maximum Gasteiger partial charge on any atom is 0.512 e. The summed E-state index contributed by atoms with van der Waals surface area (Å²) in [7, 11) is -10.6. The fourth-order valence-electron chi connectivity index (χ4n) is 1.60. The van der Waals surface area contributed by atoms with Gasteiger partial charge >= 0.3 is 15.5 Å². The Kier molecular flexibility index (Phi) is 4.28. The maximum absolute atomic E-state index is 12.8. The number of alkyl halides is 4. The van der Waals surface area contributed by atoms with Crippen molar-refractivity contribution in [3.8, 4) is 0 Å². The van der Waals surface area contributed by atoms with E-state index in [9.17, 15) is 34.4 Å². The Bertz CT molecular complexity index is 490. The second-order valence-electron chi connectivity index (χ2n) is 3.95. The molecule has 108 valence electrons. The third kappa shape index (κ3) is 3.54. The van der Waals surface area contributed by atoms with Crippen molar-refractivity contribution in [1.29, 1.82) is 0 Å². The Hall–Kier alpha value is -0.420. The van der Waals surface area contributed by atoms with Gasteiger partial charge in [0.1, 0.15) is 6.17 Å². The van der Waals surface area contributed by atoms with Crippen LogP contribution in [0.2, 0.25) is 0 Å². The molecule has 18 heavy (non-hydrogen) atoms. The van der Waals surface area contributed by atoms with E-state index in [0.717, 1.165) is 0 Å². The molecule has 1 saturated carbocycles. The van der Waals surface area contributed by atoms with Crippen molar-refractivity contribution in [1.82, 2.24) is 4.13 Å². The zero-order valence-corrected chi connectivity index (χ0v) is 10.6. The number of nitrogens with one attached hydrogen (secondary N) is 1. The first-order valence-corrected chi connectivity index (χ1v) is 7.96. The molecule has 0 saturated heterocycles. The van der Waals surface area contributed by atoms with Gasteiger partial charge in [-0.1, -0.05) is 0 Å². The van der Waals surface area contributed by atoms with Crippen LogP contribution >= 0.6 is 0 Å². The standard InChI is InChI=1S/C7H11F4NO4S2/c8-5-1-3-6(4-2-5)17(13,14)12-18(15,16)7(9,10)11/h5-6,12H,1-4H2. The Morgan fingerprint density at radius 2 is 1.39 bits per heavy atom. The molecular weight excluding hydrogens is 302 g/mol. The Labute approximate surface area is 102 Å². The lowest BCUT2D eigenvalue weighted by Crippen LogP contribution is -2.45. The van der Waals surface area contributed by atoms with Crippen LogP contribution in [0.5, 0.6) is 0 Å². The Morgan fingerprint density at radius 1 is 0.944 bits per heavy atom. The molecule has 0 aromatic heterocycles. The molecule has 0 aliphatic heterocycles. The highest BCUT2D eigenvalue weighted by Crippen LogP contribution is 2.28. The molecule has 1 fully saturated rings.